The summed E-state index contributed by atoms with van der Waals surface area (Å²) in [6.45, 7) is 7.95. The second kappa shape index (κ2) is 8.59. The van der Waals surface area contributed by atoms with E-state index in [9.17, 15) is 4.79 Å². The van der Waals surface area contributed by atoms with Crippen molar-refractivity contribution >= 4 is 5.91 Å². The molecule has 4 nitrogen and oxygen atoms in total. The van der Waals surface area contributed by atoms with Gasteiger partial charge in [0.25, 0.3) is 5.91 Å². The summed E-state index contributed by atoms with van der Waals surface area (Å²) in [6, 6.07) is 8.34. The highest BCUT2D eigenvalue weighted by Gasteiger charge is 2.09. The molecule has 1 amide bonds. The van der Waals surface area contributed by atoms with Crippen molar-refractivity contribution in [3.63, 3.8) is 0 Å². The van der Waals surface area contributed by atoms with Crippen LogP contribution in [0.2, 0.25) is 0 Å². The Kier molecular flexibility index (Phi) is 7.09. The van der Waals surface area contributed by atoms with Crippen LogP contribution in [0, 0.1) is 0 Å². The third-order valence-electron chi connectivity index (χ3n) is 3.40. The van der Waals surface area contributed by atoms with Crippen molar-refractivity contribution in [2.75, 3.05) is 26.7 Å². The topological polar surface area (TPSA) is 41.6 Å². The number of nitrogens with one attached hydrogen (secondary N) is 1. The van der Waals surface area contributed by atoms with E-state index in [-0.39, 0.29) is 12.5 Å². The largest absolute Gasteiger partial charge is 0.484 e. The van der Waals surface area contributed by atoms with Gasteiger partial charge in [0.1, 0.15) is 5.75 Å². The van der Waals surface area contributed by atoms with Gasteiger partial charge in [0.15, 0.2) is 6.61 Å². The van der Waals surface area contributed by atoms with Crippen LogP contribution in [0.1, 0.15) is 38.8 Å². The first-order valence-electron chi connectivity index (χ1n) is 7.32. The van der Waals surface area contributed by atoms with Crippen molar-refractivity contribution in [3.05, 3.63) is 29.8 Å². The molecule has 0 aromatic heterocycles. The normalized spacial score (nSPS) is 12.0. The molecule has 0 bridgehead atoms. The standard InChI is InChI=1S/C16H26N2O2/c1-5-15(17-6-2)13-8-10-14(11-9-13)20-12-16(19)18(4)7-3/h8-11,15,17H,5-7,12H2,1-4H3. The van der Waals surface area contributed by atoms with Gasteiger partial charge in [-0.3, -0.25) is 4.79 Å². The summed E-state index contributed by atoms with van der Waals surface area (Å²) in [4.78, 5) is 13.3. The van der Waals surface area contributed by atoms with Crippen LogP contribution in [0.25, 0.3) is 0 Å². The van der Waals surface area contributed by atoms with E-state index in [1.807, 2.05) is 19.1 Å². The average Bonchev–Trinajstić information content (AvgIpc) is 2.50. The number of nitrogens with zero attached hydrogens (tertiary/aromatic N) is 1. The van der Waals surface area contributed by atoms with Gasteiger partial charge in [0.05, 0.1) is 0 Å². The number of benzene rings is 1. The van der Waals surface area contributed by atoms with Crippen molar-refractivity contribution in [3.8, 4) is 5.75 Å². The Labute approximate surface area is 122 Å². The average molecular weight is 278 g/mol. The van der Waals surface area contributed by atoms with E-state index in [1.54, 1.807) is 11.9 Å². The van der Waals surface area contributed by atoms with Crippen LogP contribution >= 0.6 is 0 Å². The number of rotatable bonds is 8. The van der Waals surface area contributed by atoms with Crippen LogP contribution in [-0.4, -0.2) is 37.6 Å². The summed E-state index contributed by atoms with van der Waals surface area (Å²) >= 11 is 0. The van der Waals surface area contributed by atoms with Gasteiger partial charge in [-0.05, 0) is 37.6 Å². The summed E-state index contributed by atoms with van der Waals surface area (Å²) in [7, 11) is 1.77. The van der Waals surface area contributed by atoms with Crippen LogP contribution in [0.15, 0.2) is 24.3 Å². The molecule has 1 N–H and O–H groups in total. The van der Waals surface area contributed by atoms with Gasteiger partial charge in [0, 0.05) is 19.6 Å². The van der Waals surface area contributed by atoms with Gasteiger partial charge < -0.3 is 15.0 Å². The number of hydrogen-bond acceptors (Lipinski definition) is 3. The Morgan fingerprint density at radius 1 is 1.25 bits per heavy atom. The first-order chi connectivity index (χ1) is 9.62. The van der Waals surface area contributed by atoms with Gasteiger partial charge in [-0.2, -0.15) is 0 Å². The summed E-state index contributed by atoms with van der Waals surface area (Å²) in [5.41, 5.74) is 1.25. The number of carbonyl (C=O) groups excluding carboxylic acids is 1. The van der Waals surface area contributed by atoms with Crippen LogP contribution in [0.5, 0.6) is 5.75 Å². The lowest BCUT2D eigenvalue weighted by Gasteiger charge is -2.17. The molecule has 1 atom stereocenters. The molecule has 1 rings (SSSR count). The van der Waals surface area contributed by atoms with Gasteiger partial charge >= 0.3 is 0 Å². The number of likely N-dealkylation sites (N-methyl/N-ethyl adjacent to an activating group) is 1. The van der Waals surface area contributed by atoms with Crippen LogP contribution in [-0.2, 0) is 4.79 Å². The van der Waals surface area contributed by atoms with E-state index in [0.29, 0.717) is 12.6 Å². The highest BCUT2D eigenvalue weighted by Crippen LogP contribution is 2.20. The molecule has 0 saturated heterocycles. The first kappa shape index (κ1) is 16.5. The van der Waals surface area contributed by atoms with Crippen LogP contribution in [0.3, 0.4) is 0 Å². The smallest absolute Gasteiger partial charge is 0.260 e. The van der Waals surface area contributed by atoms with Crippen molar-refractivity contribution in [2.45, 2.75) is 33.2 Å². The monoisotopic (exact) mass is 278 g/mol. The molecular weight excluding hydrogens is 252 g/mol. The Morgan fingerprint density at radius 3 is 2.40 bits per heavy atom. The maximum absolute atomic E-state index is 11.6. The molecule has 0 saturated carbocycles. The molecule has 1 unspecified atom stereocenters. The zero-order valence-corrected chi connectivity index (χ0v) is 13.0. The fourth-order valence-corrected chi connectivity index (χ4v) is 1.97. The molecule has 112 valence electrons. The Hall–Kier alpha value is -1.55. The van der Waals surface area contributed by atoms with E-state index in [4.69, 9.17) is 4.74 Å². The highest BCUT2D eigenvalue weighted by molar-refractivity contribution is 5.77. The molecule has 1 aromatic rings. The molecule has 4 heteroatoms. The molecule has 1 aromatic carbocycles. The maximum Gasteiger partial charge on any atom is 0.260 e. The fraction of sp³-hybridized carbons (Fsp3) is 0.562. The molecule has 0 heterocycles. The van der Waals surface area contributed by atoms with E-state index < -0.39 is 0 Å². The Balaban J connectivity index is 2.56. The summed E-state index contributed by atoms with van der Waals surface area (Å²) in [5, 5.41) is 3.44. The predicted molar refractivity (Wildman–Crippen MR) is 82.0 cm³/mol. The summed E-state index contributed by atoms with van der Waals surface area (Å²) in [5.74, 6) is 0.730. The van der Waals surface area contributed by atoms with Gasteiger partial charge in [-0.1, -0.05) is 26.0 Å². The lowest BCUT2D eigenvalue weighted by Crippen LogP contribution is -2.31. The molecule has 0 fully saturated rings. The van der Waals surface area contributed by atoms with Crippen molar-refractivity contribution in [2.24, 2.45) is 0 Å². The lowest BCUT2D eigenvalue weighted by atomic mass is 10.0. The summed E-state index contributed by atoms with van der Waals surface area (Å²) < 4.78 is 5.51. The number of ether oxygens (including phenoxy) is 1. The quantitative estimate of drug-likeness (QED) is 0.794. The van der Waals surface area contributed by atoms with Gasteiger partial charge in [-0.15, -0.1) is 0 Å². The van der Waals surface area contributed by atoms with E-state index in [1.165, 1.54) is 5.56 Å². The SMILES string of the molecule is CCNC(CC)c1ccc(OCC(=O)N(C)CC)cc1. The fourth-order valence-electron chi connectivity index (χ4n) is 1.97. The zero-order valence-electron chi connectivity index (χ0n) is 13.0. The second-order valence-corrected chi connectivity index (χ2v) is 4.78. The molecule has 20 heavy (non-hydrogen) atoms. The Morgan fingerprint density at radius 2 is 1.90 bits per heavy atom. The summed E-state index contributed by atoms with van der Waals surface area (Å²) in [6.07, 6.45) is 1.05. The minimum Gasteiger partial charge on any atom is -0.484 e. The first-order valence-corrected chi connectivity index (χ1v) is 7.32. The third-order valence-corrected chi connectivity index (χ3v) is 3.40. The van der Waals surface area contributed by atoms with E-state index >= 15 is 0 Å². The van der Waals surface area contributed by atoms with E-state index in [2.05, 4.69) is 31.3 Å². The van der Waals surface area contributed by atoms with Crippen LogP contribution in [0.4, 0.5) is 0 Å². The third kappa shape index (κ3) is 4.85. The highest BCUT2D eigenvalue weighted by atomic mass is 16.5. The molecule has 0 spiro atoms. The number of carbonyl (C=O) groups is 1. The molecule has 0 aliphatic carbocycles. The lowest BCUT2D eigenvalue weighted by molar-refractivity contribution is -0.131. The van der Waals surface area contributed by atoms with Crippen LogP contribution < -0.4 is 10.1 Å². The van der Waals surface area contributed by atoms with Gasteiger partial charge in [-0.25, -0.2) is 0 Å². The molecule has 0 aliphatic rings. The zero-order chi connectivity index (χ0) is 15.0. The van der Waals surface area contributed by atoms with Gasteiger partial charge in [0.2, 0.25) is 0 Å². The number of amides is 1. The number of hydrogen-bond donors (Lipinski definition) is 1. The van der Waals surface area contributed by atoms with Crippen molar-refractivity contribution < 1.29 is 9.53 Å². The second-order valence-electron chi connectivity index (χ2n) is 4.78. The minimum absolute atomic E-state index is 0.00402. The van der Waals surface area contributed by atoms with Crippen molar-refractivity contribution in [1.29, 1.82) is 0 Å². The predicted octanol–water partition coefficient (Wildman–Crippen LogP) is 2.60. The van der Waals surface area contributed by atoms with E-state index in [0.717, 1.165) is 18.7 Å². The Bertz CT molecular complexity index is 403. The van der Waals surface area contributed by atoms with Crippen molar-refractivity contribution in [1.82, 2.24) is 10.2 Å². The minimum atomic E-state index is -0.00402. The molecular formula is C16H26N2O2. The maximum atomic E-state index is 11.6. The molecule has 0 aliphatic heterocycles. The molecule has 0 radical (unpaired) electrons.